The van der Waals surface area contributed by atoms with E-state index in [1.807, 2.05) is 0 Å². The molecule has 3 aliphatic heterocycles. The lowest BCUT2D eigenvalue weighted by Crippen LogP contribution is -2.51. The van der Waals surface area contributed by atoms with Crippen LogP contribution in [0.25, 0.3) is 0 Å². The molecule has 28 heavy (non-hydrogen) atoms. The number of nitrogens with one attached hydrogen (secondary N) is 1. The van der Waals surface area contributed by atoms with E-state index in [2.05, 4.69) is 5.32 Å². The average molecular weight is 413 g/mol. The maximum atomic E-state index is 13.1. The molecule has 3 saturated heterocycles. The number of carbonyl (C=O) groups excluding carboxylic acids is 3. The second kappa shape index (κ2) is 6.98. The number of carbonyl (C=O) groups is 3. The summed E-state index contributed by atoms with van der Waals surface area (Å²) in [7, 11) is -3.17. The van der Waals surface area contributed by atoms with Crippen LogP contribution < -0.4 is 5.32 Å². The van der Waals surface area contributed by atoms with Crippen molar-refractivity contribution in [1.82, 2.24) is 15.1 Å². The molecule has 4 amide bonds. The Kier molecular flexibility index (Phi) is 4.89. The summed E-state index contributed by atoms with van der Waals surface area (Å²) in [6.45, 7) is 2.27. The standard InChI is InChI=1S/C18H27N3O6S/c1-18(12-4-5-12)16(23)21(17(24)19-18)10-15(22)20(9-14-3-2-7-27-14)13-6-8-28(25,26)11-13/h12-14H,2-11H2,1H3,(H,19,24)/t13-,14+,18+/m0/s1. The average Bonchev–Trinajstić information content (AvgIpc) is 3.19. The molecule has 9 nitrogen and oxygen atoms in total. The Morgan fingerprint density at radius 3 is 2.61 bits per heavy atom. The van der Waals surface area contributed by atoms with Gasteiger partial charge >= 0.3 is 6.03 Å². The van der Waals surface area contributed by atoms with Gasteiger partial charge in [0.05, 0.1) is 17.6 Å². The topological polar surface area (TPSA) is 113 Å². The van der Waals surface area contributed by atoms with Crippen LogP contribution in [-0.2, 0) is 24.2 Å². The van der Waals surface area contributed by atoms with Crippen molar-refractivity contribution in [1.29, 1.82) is 0 Å². The minimum Gasteiger partial charge on any atom is -0.376 e. The van der Waals surface area contributed by atoms with Crippen molar-refractivity contribution in [2.45, 2.75) is 56.7 Å². The minimum absolute atomic E-state index is 0.0514. The van der Waals surface area contributed by atoms with Crippen LogP contribution in [0, 0.1) is 5.92 Å². The first-order valence-electron chi connectivity index (χ1n) is 9.95. The predicted molar refractivity (Wildman–Crippen MR) is 99.1 cm³/mol. The Balaban J connectivity index is 1.48. The number of amides is 4. The molecule has 0 aromatic rings. The Bertz CT molecular complexity index is 789. The Labute approximate surface area is 164 Å². The molecule has 0 radical (unpaired) electrons. The molecule has 0 unspecified atom stereocenters. The first kappa shape index (κ1) is 19.6. The third-order valence-electron chi connectivity index (χ3n) is 6.38. The summed E-state index contributed by atoms with van der Waals surface area (Å²) in [5.41, 5.74) is -0.937. The highest BCUT2D eigenvalue weighted by Crippen LogP contribution is 2.42. The molecule has 4 aliphatic rings. The molecule has 1 N–H and O–H groups in total. The van der Waals surface area contributed by atoms with Gasteiger partial charge in [0.15, 0.2) is 9.84 Å². The van der Waals surface area contributed by atoms with E-state index < -0.39 is 33.4 Å². The van der Waals surface area contributed by atoms with Gasteiger partial charge in [0.25, 0.3) is 5.91 Å². The number of rotatable bonds is 6. The molecule has 3 heterocycles. The molecule has 4 fully saturated rings. The van der Waals surface area contributed by atoms with Gasteiger partial charge in [-0.2, -0.15) is 0 Å². The lowest BCUT2D eigenvalue weighted by Gasteiger charge is -2.31. The second-order valence-corrected chi connectivity index (χ2v) is 10.8. The number of imide groups is 1. The molecule has 4 rings (SSSR count). The highest BCUT2D eigenvalue weighted by molar-refractivity contribution is 7.91. The van der Waals surface area contributed by atoms with E-state index in [-0.39, 0.29) is 36.0 Å². The maximum absolute atomic E-state index is 13.1. The summed E-state index contributed by atoms with van der Waals surface area (Å²) >= 11 is 0. The first-order valence-corrected chi connectivity index (χ1v) is 11.8. The zero-order chi connectivity index (χ0) is 20.1. The van der Waals surface area contributed by atoms with E-state index in [0.717, 1.165) is 30.6 Å². The molecule has 3 atom stereocenters. The second-order valence-electron chi connectivity index (χ2n) is 8.54. The van der Waals surface area contributed by atoms with Crippen LogP contribution in [0.15, 0.2) is 0 Å². The van der Waals surface area contributed by atoms with Gasteiger partial charge in [-0.15, -0.1) is 0 Å². The van der Waals surface area contributed by atoms with Crippen LogP contribution >= 0.6 is 0 Å². The Hall–Kier alpha value is -1.68. The van der Waals surface area contributed by atoms with Crippen molar-refractivity contribution >= 4 is 27.7 Å². The van der Waals surface area contributed by atoms with Gasteiger partial charge in [0.2, 0.25) is 5.91 Å². The van der Waals surface area contributed by atoms with Crippen molar-refractivity contribution in [3.63, 3.8) is 0 Å². The van der Waals surface area contributed by atoms with Crippen LogP contribution in [0.2, 0.25) is 0 Å². The third-order valence-corrected chi connectivity index (χ3v) is 8.13. The molecule has 1 aliphatic carbocycles. The fraction of sp³-hybridized carbons (Fsp3) is 0.833. The number of ether oxygens (including phenoxy) is 1. The number of sulfone groups is 1. The van der Waals surface area contributed by atoms with Gasteiger partial charge in [0.1, 0.15) is 12.1 Å². The van der Waals surface area contributed by atoms with Crippen LogP contribution in [0.4, 0.5) is 4.79 Å². The number of nitrogens with zero attached hydrogens (tertiary/aromatic N) is 2. The Morgan fingerprint density at radius 2 is 2.04 bits per heavy atom. The number of hydrogen-bond acceptors (Lipinski definition) is 6. The molecule has 0 bridgehead atoms. The highest BCUT2D eigenvalue weighted by atomic mass is 32.2. The monoisotopic (exact) mass is 413 g/mol. The molecule has 0 spiro atoms. The van der Waals surface area contributed by atoms with Crippen molar-refractivity contribution in [3.8, 4) is 0 Å². The quantitative estimate of drug-likeness (QED) is 0.609. The lowest BCUT2D eigenvalue weighted by atomic mass is 9.96. The summed E-state index contributed by atoms with van der Waals surface area (Å²) in [6.07, 6.45) is 3.73. The zero-order valence-corrected chi connectivity index (χ0v) is 16.9. The van der Waals surface area contributed by atoms with Crippen molar-refractivity contribution < 1.29 is 27.5 Å². The van der Waals surface area contributed by atoms with E-state index in [1.165, 1.54) is 4.90 Å². The molecule has 0 aromatic carbocycles. The SMILES string of the molecule is C[C@]1(C2CC2)NC(=O)N(CC(=O)N(C[C@H]2CCCO2)[C@H]2CCS(=O)(=O)C2)C1=O. The van der Waals surface area contributed by atoms with Gasteiger partial charge in [-0.25, -0.2) is 13.2 Å². The fourth-order valence-corrected chi connectivity index (χ4v) is 6.24. The maximum Gasteiger partial charge on any atom is 0.325 e. The fourth-order valence-electron chi connectivity index (χ4n) is 4.51. The van der Waals surface area contributed by atoms with Crippen molar-refractivity contribution in [2.75, 3.05) is 31.2 Å². The van der Waals surface area contributed by atoms with Gasteiger partial charge in [0, 0.05) is 19.2 Å². The molecule has 156 valence electrons. The third kappa shape index (κ3) is 3.63. The van der Waals surface area contributed by atoms with E-state index in [0.29, 0.717) is 19.6 Å². The molecule has 0 aromatic heterocycles. The number of hydrogen-bond donors (Lipinski definition) is 1. The zero-order valence-electron chi connectivity index (χ0n) is 16.1. The van der Waals surface area contributed by atoms with Gasteiger partial charge < -0.3 is 15.0 Å². The largest absolute Gasteiger partial charge is 0.376 e. The van der Waals surface area contributed by atoms with Gasteiger partial charge in [-0.3, -0.25) is 14.5 Å². The van der Waals surface area contributed by atoms with E-state index in [1.54, 1.807) is 6.92 Å². The lowest BCUT2D eigenvalue weighted by molar-refractivity contribution is -0.141. The van der Waals surface area contributed by atoms with Crippen LogP contribution in [0.1, 0.15) is 39.0 Å². The summed E-state index contributed by atoms with van der Waals surface area (Å²) in [4.78, 5) is 40.7. The summed E-state index contributed by atoms with van der Waals surface area (Å²) in [5, 5.41) is 2.74. The highest BCUT2D eigenvalue weighted by Gasteiger charge is 2.56. The number of urea groups is 1. The molecule has 10 heteroatoms. The van der Waals surface area contributed by atoms with E-state index in [4.69, 9.17) is 4.74 Å². The smallest absolute Gasteiger partial charge is 0.325 e. The molecular formula is C18H27N3O6S. The minimum atomic E-state index is -3.17. The van der Waals surface area contributed by atoms with Gasteiger partial charge in [-0.05, 0) is 44.9 Å². The van der Waals surface area contributed by atoms with Crippen LogP contribution in [0.3, 0.4) is 0 Å². The van der Waals surface area contributed by atoms with Crippen molar-refractivity contribution in [2.24, 2.45) is 5.92 Å². The molecule has 1 saturated carbocycles. The first-order chi connectivity index (χ1) is 13.2. The van der Waals surface area contributed by atoms with Crippen LogP contribution in [0.5, 0.6) is 0 Å². The predicted octanol–water partition coefficient (Wildman–Crippen LogP) is -0.0984. The summed E-state index contributed by atoms with van der Waals surface area (Å²) in [6, 6.07) is -0.985. The van der Waals surface area contributed by atoms with E-state index in [9.17, 15) is 22.8 Å². The summed E-state index contributed by atoms with van der Waals surface area (Å²) < 4.78 is 29.5. The normalized spacial score (nSPS) is 34.7. The molecular weight excluding hydrogens is 386 g/mol. The van der Waals surface area contributed by atoms with Crippen molar-refractivity contribution in [3.05, 3.63) is 0 Å². The Morgan fingerprint density at radius 1 is 1.29 bits per heavy atom. The summed E-state index contributed by atoms with van der Waals surface area (Å²) in [5.74, 6) is -0.682. The van der Waals surface area contributed by atoms with E-state index >= 15 is 0 Å². The van der Waals surface area contributed by atoms with Crippen LogP contribution in [-0.4, -0.2) is 84.9 Å². The van der Waals surface area contributed by atoms with Gasteiger partial charge in [-0.1, -0.05) is 0 Å².